The van der Waals surface area contributed by atoms with Crippen LogP contribution in [0.2, 0.25) is 0 Å². The van der Waals surface area contributed by atoms with Gasteiger partial charge in [0.05, 0.1) is 11.4 Å². The van der Waals surface area contributed by atoms with Gasteiger partial charge in [-0.2, -0.15) is 0 Å². The van der Waals surface area contributed by atoms with Crippen LogP contribution < -0.4 is 4.74 Å². The van der Waals surface area contributed by atoms with E-state index in [1.165, 1.54) is 22.3 Å². The van der Waals surface area contributed by atoms with Gasteiger partial charge in [-0.1, -0.05) is 71.8 Å². The lowest BCUT2D eigenvalue weighted by Crippen LogP contribution is -2.10. The topological polar surface area (TPSA) is 22.1 Å². The molecule has 0 spiro atoms. The van der Waals surface area contributed by atoms with E-state index < -0.39 is 0 Å². The second kappa shape index (κ2) is 6.65. The zero-order valence-electron chi connectivity index (χ0n) is 16.1. The van der Waals surface area contributed by atoms with Gasteiger partial charge >= 0.3 is 0 Å². The first-order valence-electron chi connectivity index (χ1n) is 9.59. The number of aryl methyl sites for hydroxylation is 2. The van der Waals surface area contributed by atoms with Gasteiger partial charge in [-0.3, -0.25) is 0 Å². The Balaban J connectivity index is 1.80. The van der Waals surface area contributed by atoms with Crippen molar-refractivity contribution in [2.45, 2.75) is 20.5 Å². The van der Waals surface area contributed by atoms with E-state index in [0.717, 1.165) is 33.8 Å². The van der Waals surface area contributed by atoms with Crippen molar-refractivity contribution in [3.63, 3.8) is 0 Å². The highest BCUT2D eigenvalue weighted by atomic mass is 16.5. The van der Waals surface area contributed by atoms with Crippen LogP contribution in [0.5, 0.6) is 5.75 Å². The molecule has 3 aromatic carbocycles. The van der Waals surface area contributed by atoms with E-state index in [1.807, 2.05) is 6.07 Å². The SMILES string of the molecule is Cc1ccc(-c2cc(-c3ccccc3)c3c(n2)-c2cc(C)ccc2OC3)cc1. The zero-order valence-corrected chi connectivity index (χ0v) is 16.1. The largest absolute Gasteiger partial charge is 0.488 e. The molecule has 0 aliphatic carbocycles. The fourth-order valence-corrected chi connectivity index (χ4v) is 3.79. The number of hydrogen-bond donors (Lipinski definition) is 0. The van der Waals surface area contributed by atoms with Gasteiger partial charge in [-0.15, -0.1) is 0 Å². The van der Waals surface area contributed by atoms with Gasteiger partial charge in [-0.25, -0.2) is 4.98 Å². The van der Waals surface area contributed by atoms with Crippen molar-refractivity contribution < 1.29 is 4.74 Å². The lowest BCUT2D eigenvalue weighted by molar-refractivity contribution is 0.302. The summed E-state index contributed by atoms with van der Waals surface area (Å²) in [5.74, 6) is 0.908. The third kappa shape index (κ3) is 2.87. The van der Waals surface area contributed by atoms with Crippen LogP contribution in [0.4, 0.5) is 0 Å². The molecule has 0 atom stereocenters. The molecule has 1 aromatic heterocycles. The molecule has 2 heteroatoms. The van der Waals surface area contributed by atoms with Gasteiger partial charge in [0.25, 0.3) is 0 Å². The number of fused-ring (bicyclic) bond motifs is 3. The maximum Gasteiger partial charge on any atom is 0.129 e. The van der Waals surface area contributed by atoms with Crippen LogP contribution in [0.15, 0.2) is 78.9 Å². The number of nitrogens with zero attached hydrogens (tertiary/aromatic N) is 1. The Morgan fingerprint density at radius 2 is 1.46 bits per heavy atom. The summed E-state index contributed by atoms with van der Waals surface area (Å²) in [6.07, 6.45) is 0. The molecule has 1 aliphatic heterocycles. The van der Waals surface area contributed by atoms with Crippen molar-refractivity contribution in [2.24, 2.45) is 0 Å². The summed E-state index contributed by atoms with van der Waals surface area (Å²) in [4.78, 5) is 5.10. The molecule has 28 heavy (non-hydrogen) atoms. The predicted molar refractivity (Wildman–Crippen MR) is 114 cm³/mol. The summed E-state index contributed by atoms with van der Waals surface area (Å²) >= 11 is 0. The first-order chi connectivity index (χ1) is 13.7. The van der Waals surface area contributed by atoms with Crippen LogP contribution in [0.3, 0.4) is 0 Å². The van der Waals surface area contributed by atoms with E-state index in [4.69, 9.17) is 9.72 Å². The van der Waals surface area contributed by atoms with E-state index in [1.54, 1.807) is 0 Å². The highest BCUT2D eigenvalue weighted by molar-refractivity contribution is 5.84. The van der Waals surface area contributed by atoms with Crippen molar-refractivity contribution >= 4 is 0 Å². The molecule has 0 radical (unpaired) electrons. The average Bonchev–Trinajstić information content (AvgIpc) is 2.74. The third-order valence-electron chi connectivity index (χ3n) is 5.32. The molecule has 0 fully saturated rings. The smallest absolute Gasteiger partial charge is 0.129 e. The number of rotatable bonds is 2. The standard InChI is InChI=1S/C26H21NO/c1-17-8-11-20(12-9-17)24-15-21(19-6-4-3-5-7-19)23-16-28-25-13-10-18(2)14-22(25)26(23)27-24/h3-15H,16H2,1-2H3. The molecule has 0 N–H and O–H groups in total. The van der Waals surface area contributed by atoms with E-state index in [-0.39, 0.29) is 0 Å². The van der Waals surface area contributed by atoms with E-state index in [2.05, 4.69) is 86.6 Å². The van der Waals surface area contributed by atoms with Crippen LogP contribution in [-0.2, 0) is 6.61 Å². The molecule has 5 rings (SSSR count). The van der Waals surface area contributed by atoms with Crippen molar-refractivity contribution in [3.8, 4) is 39.4 Å². The molecule has 2 heterocycles. The third-order valence-corrected chi connectivity index (χ3v) is 5.32. The quantitative estimate of drug-likeness (QED) is 0.401. The van der Waals surface area contributed by atoms with Crippen LogP contribution in [0.25, 0.3) is 33.6 Å². The Kier molecular flexibility index (Phi) is 3.98. The molecule has 136 valence electrons. The first-order valence-corrected chi connectivity index (χ1v) is 9.59. The fourth-order valence-electron chi connectivity index (χ4n) is 3.79. The summed E-state index contributed by atoms with van der Waals surface area (Å²) in [5, 5.41) is 0. The Bertz CT molecular complexity index is 1160. The maximum absolute atomic E-state index is 6.09. The van der Waals surface area contributed by atoms with Crippen LogP contribution in [0.1, 0.15) is 16.7 Å². The van der Waals surface area contributed by atoms with Crippen molar-refractivity contribution in [3.05, 3.63) is 95.6 Å². The molecular weight excluding hydrogens is 342 g/mol. The first kappa shape index (κ1) is 16.8. The number of hydrogen-bond acceptors (Lipinski definition) is 2. The minimum absolute atomic E-state index is 0.538. The average molecular weight is 363 g/mol. The number of pyridine rings is 1. The lowest BCUT2D eigenvalue weighted by atomic mass is 9.92. The molecule has 0 saturated heterocycles. The Morgan fingerprint density at radius 1 is 0.714 bits per heavy atom. The molecular formula is C26H21NO. The van der Waals surface area contributed by atoms with Crippen LogP contribution in [0, 0.1) is 13.8 Å². The highest BCUT2D eigenvalue weighted by Crippen LogP contribution is 2.42. The predicted octanol–water partition coefficient (Wildman–Crippen LogP) is 6.59. The second-order valence-electron chi connectivity index (χ2n) is 7.40. The Hall–Kier alpha value is -3.39. The van der Waals surface area contributed by atoms with E-state index >= 15 is 0 Å². The monoisotopic (exact) mass is 363 g/mol. The van der Waals surface area contributed by atoms with Gasteiger partial charge < -0.3 is 4.74 Å². The van der Waals surface area contributed by atoms with Gasteiger partial charge in [0.15, 0.2) is 0 Å². The molecule has 0 unspecified atom stereocenters. The fraction of sp³-hybridized carbons (Fsp3) is 0.115. The van der Waals surface area contributed by atoms with Crippen molar-refractivity contribution in [1.82, 2.24) is 4.98 Å². The van der Waals surface area contributed by atoms with Crippen molar-refractivity contribution in [1.29, 1.82) is 0 Å². The molecule has 1 aliphatic rings. The van der Waals surface area contributed by atoms with Gasteiger partial charge in [-0.05, 0) is 43.2 Å². The van der Waals surface area contributed by atoms with Gasteiger partial charge in [0, 0.05) is 16.7 Å². The Labute approximate surface area is 165 Å². The molecule has 0 amide bonds. The highest BCUT2D eigenvalue weighted by Gasteiger charge is 2.23. The lowest BCUT2D eigenvalue weighted by Gasteiger charge is -2.24. The molecule has 0 bridgehead atoms. The number of ether oxygens (including phenoxy) is 1. The minimum Gasteiger partial charge on any atom is -0.488 e. The zero-order chi connectivity index (χ0) is 19.1. The van der Waals surface area contributed by atoms with Crippen LogP contribution in [-0.4, -0.2) is 4.98 Å². The van der Waals surface area contributed by atoms with E-state index in [9.17, 15) is 0 Å². The summed E-state index contributed by atoms with van der Waals surface area (Å²) in [7, 11) is 0. The summed E-state index contributed by atoms with van der Waals surface area (Å²) < 4.78 is 6.09. The summed E-state index contributed by atoms with van der Waals surface area (Å²) in [6.45, 7) is 4.75. The van der Waals surface area contributed by atoms with E-state index in [0.29, 0.717) is 6.61 Å². The summed E-state index contributed by atoms with van der Waals surface area (Å²) in [5.41, 5.74) is 10.2. The normalized spacial score (nSPS) is 12.1. The molecule has 2 nitrogen and oxygen atoms in total. The van der Waals surface area contributed by atoms with Gasteiger partial charge in [0.1, 0.15) is 12.4 Å². The number of benzene rings is 3. The second-order valence-corrected chi connectivity index (χ2v) is 7.40. The summed E-state index contributed by atoms with van der Waals surface area (Å²) in [6, 6.07) is 27.6. The minimum atomic E-state index is 0.538. The van der Waals surface area contributed by atoms with Crippen molar-refractivity contribution in [2.75, 3.05) is 0 Å². The Morgan fingerprint density at radius 3 is 2.25 bits per heavy atom. The molecule has 0 saturated carbocycles. The van der Waals surface area contributed by atoms with Crippen LogP contribution >= 0.6 is 0 Å². The maximum atomic E-state index is 6.09. The number of aromatic nitrogens is 1. The van der Waals surface area contributed by atoms with Gasteiger partial charge in [0.2, 0.25) is 0 Å². The molecule has 4 aromatic rings.